The van der Waals surface area contributed by atoms with Crippen molar-refractivity contribution in [2.75, 3.05) is 5.73 Å². The van der Waals surface area contributed by atoms with E-state index in [-0.39, 0.29) is 22.5 Å². The zero-order valence-electron chi connectivity index (χ0n) is 9.74. The maximum atomic E-state index is 13.2. The molecule has 20 heavy (non-hydrogen) atoms. The van der Waals surface area contributed by atoms with E-state index in [0.717, 1.165) is 10.7 Å². The van der Waals surface area contributed by atoms with Gasteiger partial charge >= 0.3 is 6.18 Å². The number of alkyl halides is 3. The molecule has 0 fully saturated rings. The Balaban J connectivity index is 2.33. The number of nitrogen functional groups attached to an aromatic ring is 1. The first-order chi connectivity index (χ1) is 9.38. The van der Waals surface area contributed by atoms with Crippen LogP contribution < -0.4 is 5.73 Å². The summed E-state index contributed by atoms with van der Waals surface area (Å²) in [4.78, 5) is 0. The lowest BCUT2D eigenvalue weighted by Gasteiger charge is -2.03. The molecule has 2 aromatic heterocycles. The van der Waals surface area contributed by atoms with Crippen molar-refractivity contribution in [3.8, 4) is 5.69 Å². The molecule has 0 saturated heterocycles. The standard InChI is InChI=1S/C11H7F4N5/c12-5-2-1-3-6(4-5)20-10-7(9(16)17-18-10)8(19-20)11(13,14)15/h1-4H,(H3,16,17,18). The number of fused-ring (bicyclic) bond motifs is 1. The van der Waals surface area contributed by atoms with Crippen LogP contribution in [0.4, 0.5) is 23.4 Å². The summed E-state index contributed by atoms with van der Waals surface area (Å²) in [6, 6.07) is 5.01. The minimum Gasteiger partial charge on any atom is -0.383 e. The van der Waals surface area contributed by atoms with Crippen molar-refractivity contribution >= 4 is 16.9 Å². The van der Waals surface area contributed by atoms with Gasteiger partial charge in [0.1, 0.15) is 11.6 Å². The van der Waals surface area contributed by atoms with Gasteiger partial charge < -0.3 is 5.73 Å². The van der Waals surface area contributed by atoms with Crippen LogP contribution in [0.3, 0.4) is 0 Å². The molecule has 0 spiro atoms. The smallest absolute Gasteiger partial charge is 0.383 e. The number of aromatic nitrogens is 4. The summed E-state index contributed by atoms with van der Waals surface area (Å²) in [7, 11) is 0. The fourth-order valence-corrected chi connectivity index (χ4v) is 1.92. The average Bonchev–Trinajstić information content (AvgIpc) is 2.90. The van der Waals surface area contributed by atoms with Gasteiger partial charge in [0.2, 0.25) is 0 Å². The van der Waals surface area contributed by atoms with Crippen LogP contribution >= 0.6 is 0 Å². The lowest BCUT2D eigenvalue weighted by molar-refractivity contribution is -0.140. The molecule has 3 rings (SSSR count). The van der Waals surface area contributed by atoms with Gasteiger partial charge in [0.05, 0.1) is 11.1 Å². The molecule has 0 aliphatic rings. The first kappa shape index (κ1) is 12.5. The van der Waals surface area contributed by atoms with Gasteiger partial charge in [0.15, 0.2) is 11.3 Å². The summed E-state index contributed by atoms with van der Waals surface area (Å²) < 4.78 is 52.9. The van der Waals surface area contributed by atoms with Crippen LogP contribution in [-0.4, -0.2) is 20.0 Å². The maximum absolute atomic E-state index is 13.2. The number of nitrogens with two attached hydrogens (primary N) is 1. The second-order valence-electron chi connectivity index (χ2n) is 4.07. The molecule has 0 bridgehead atoms. The van der Waals surface area contributed by atoms with Crippen molar-refractivity contribution in [2.24, 2.45) is 0 Å². The molecule has 0 saturated carbocycles. The number of nitrogens with one attached hydrogen (secondary N) is 1. The van der Waals surface area contributed by atoms with E-state index in [4.69, 9.17) is 5.73 Å². The highest BCUT2D eigenvalue weighted by atomic mass is 19.4. The van der Waals surface area contributed by atoms with Crippen LogP contribution in [0, 0.1) is 5.82 Å². The summed E-state index contributed by atoms with van der Waals surface area (Å²) in [6.07, 6.45) is -4.69. The topological polar surface area (TPSA) is 72.5 Å². The lowest BCUT2D eigenvalue weighted by atomic mass is 10.3. The number of aromatic amines is 1. The molecule has 0 atom stereocenters. The molecule has 0 aliphatic carbocycles. The minimum absolute atomic E-state index is 0.111. The lowest BCUT2D eigenvalue weighted by Crippen LogP contribution is -2.08. The van der Waals surface area contributed by atoms with E-state index in [0.29, 0.717) is 0 Å². The van der Waals surface area contributed by atoms with E-state index in [1.54, 1.807) is 0 Å². The SMILES string of the molecule is Nc1[nH]nc2c1c(C(F)(F)F)nn2-c1cccc(F)c1. The van der Waals surface area contributed by atoms with Gasteiger partial charge in [-0.3, -0.25) is 5.10 Å². The number of halogens is 4. The zero-order valence-corrected chi connectivity index (χ0v) is 9.74. The van der Waals surface area contributed by atoms with Crippen molar-refractivity contribution < 1.29 is 17.6 Å². The summed E-state index contributed by atoms with van der Waals surface area (Å²) >= 11 is 0. The molecule has 0 amide bonds. The third-order valence-corrected chi connectivity index (χ3v) is 2.73. The fraction of sp³-hybridized carbons (Fsp3) is 0.0909. The summed E-state index contributed by atoms with van der Waals surface area (Å²) in [6.45, 7) is 0. The first-order valence-corrected chi connectivity index (χ1v) is 5.43. The number of H-pyrrole nitrogens is 1. The first-order valence-electron chi connectivity index (χ1n) is 5.43. The van der Waals surface area contributed by atoms with Gasteiger partial charge in [-0.05, 0) is 18.2 Å². The van der Waals surface area contributed by atoms with E-state index >= 15 is 0 Å². The van der Waals surface area contributed by atoms with Gasteiger partial charge in [-0.15, -0.1) is 0 Å². The molecular formula is C11H7F4N5. The van der Waals surface area contributed by atoms with Crippen molar-refractivity contribution in [3.63, 3.8) is 0 Å². The van der Waals surface area contributed by atoms with Crippen molar-refractivity contribution in [2.45, 2.75) is 6.18 Å². The minimum atomic E-state index is -4.69. The Bertz CT molecular complexity index is 786. The quantitative estimate of drug-likeness (QED) is 0.675. The van der Waals surface area contributed by atoms with Gasteiger partial charge in [0, 0.05) is 0 Å². The number of benzene rings is 1. The summed E-state index contributed by atoms with van der Waals surface area (Å²) in [5.74, 6) is -0.835. The molecule has 0 radical (unpaired) electrons. The molecule has 5 nitrogen and oxygen atoms in total. The summed E-state index contributed by atoms with van der Waals surface area (Å²) in [5.41, 5.74) is 4.30. The second kappa shape index (κ2) is 3.95. The average molecular weight is 285 g/mol. The van der Waals surface area contributed by atoms with Gasteiger partial charge in [0.25, 0.3) is 0 Å². The normalized spacial score (nSPS) is 12.2. The molecule has 1 aromatic carbocycles. The van der Waals surface area contributed by atoms with E-state index < -0.39 is 17.7 Å². The van der Waals surface area contributed by atoms with E-state index in [9.17, 15) is 17.6 Å². The third-order valence-electron chi connectivity index (χ3n) is 2.73. The van der Waals surface area contributed by atoms with Gasteiger partial charge in [-0.1, -0.05) is 6.07 Å². The van der Waals surface area contributed by atoms with Crippen LogP contribution in [0.5, 0.6) is 0 Å². The molecule has 3 N–H and O–H groups in total. The van der Waals surface area contributed by atoms with E-state index in [1.165, 1.54) is 18.2 Å². The van der Waals surface area contributed by atoms with E-state index in [1.807, 2.05) is 0 Å². The number of rotatable bonds is 1. The van der Waals surface area contributed by atoms with Crippen LogP contribution in [0.1, 0.15) is 5.69 Å². The highest BCUT2D eigenvalue weighted by Gasteiger charge is 2.39. The van der Waals surface area contributed by atoms with Crippen molar-refractivity contribution in [3.05, 3.63) is 35.8 Å². The van der Waals surface area contributed by atoms with E-state index in [2.05, 4.69) is 15.3 Å². The van der Waals surface area contributed by atoms with Crippen LogP contribution in [0.15, 0.2) is 24.3 Å². The Kier molecular flexibility index (Phi) is 2.46. The van der Waals surface area contributed by atoms with Crippen molar-refractivity contribution in [1.29, 1.82) is 0 Å². The number of hydrogen-bond acceptors (Lipinski definition) is 3. The Morgan fingerprint density at radius 1 is 1.25 bits per heavy atom. The largest absolute Gasteiger partial charge is 0.436 e. The van der Waals surface area contributed by atoms with Gasteiger partial charge in [-0.2, -0.15) is 23.4 Å². The Labute approximate surface area is 109 Å². The Hall–Kier alpha value is -2.58. The number of nitrogens with zero attached hydrogens (tertiary/aromatic N) is 3. The van der Waals surface area contributed by atoms with Crippen LogP contribution in [-0.2, 0) is 6.18 Å². The van der Waals surface area contributed by atoms with Gasteiger partial charge in [-0.25, -0.2) is 9.07 Å². The maximum Gasteiger partial charge on any atom is 0.436 e. The Morgan fingerprint density at radius 3 is 2.65 bits per heavy atom. The molecule has 2 heterocycles. The molecule has 3 aromatic rings. The predicted octanol–water partition coefficient (Wildman–Crippen LogP) is 2.49. The van der Waals surface area contributed by atoms with Crippen LogP contribution in [0.25, 0.3) is 16.7 Å². The third kappa shape index (κ3) is 1.78. The molecule has 104 valence electrons. The number of anilines is 1. The molecule has 0 aliphatic heterocycles. The molecule has 9 heteroatoms. The van der Waals surface area contributed by atoms with Crippen LogP contribution in [0.2, 0.25) is 0 Å². The van der Waals surface area contributed by atoms with Crippen molar-refractivity contribution in [1.82, 2.24) is 20.0 Å². The molecule has 0 unspecified atom stereocenters. The zero-order chi connectivity index (χ0) is 14.5. The summed E-state index contributed by atoms with van der Waals surface area (Å²) in [5, 5.41) is 9.08. The Morgan fingerprint density at radius 2 is 2.00 bits per heavy atom. The highest BCUT2D eigenvalue weighted by molar-refractivity contribution is 5.90. The predicted molar refractivity (Wildman–Crippen MR) is 62.6 cm³/mol. The molecular weight excluding hydrogens is 278 g/mol. The highest BCUT2D eigenvalue weighted by Crippen LogP contribution is 2.36. The second-order valence-corrected chi connectivity index (χ2v) is 4.07. The monoisotopic (exact) mass is 285 g/mol. The fourth-order valence-electron chi connectivity index (χ4n) is 1.92. The number of hydrogen-bond donors (Lipinski definition) is 2.